The molecule has 1 aliphatic heterocycles. The van der Waals surface area contributed by atoms with E-state index in [9.17, 15) is 0 Å². The summed E-state index contributed by atoms with van der Waals surface area (Å²) in [6, 6.07) is 60.2. The van der Waals surface area contributed by atoms with Crippen molar-refractivity contribution < 1.29 is 0 Å². The number of hydrogen-bond donors (Lipinski definition) is 0. The van der Waals surface area contributed by atoms with Gasteiger partial charge in [0.2, 0.25) is 0 Å². The molecule has 0 bridgehead atoms. The van der Waals surface area contributed by atoms with Crippen LogP contribution in [0.4, 0.5) is 11.4 Å². The zero-order chi connectivity index (χ0) is 34.8. The average molecular weight is 667 g/mol. The highest BCUT2D eigenvalue weighted by molar-refractivity contribution is 6.10. The van der Waals surface area contributed by atoms with Gasteiger partial charge in [-0.2, -0.15) is 0 Å². The van der Waals surface area contributed by atoms with Crippen molar-refractivity contribution in [3.63, 3.8) is 0 Å². The first-order valence-corrected chi connectivity index (χ1v) is 18.2. The minimum atomic E-state index is -0.213. The van der Waals surface area contributed by atoms with Crippen molar-refractivity contribution in [2.24, 2.45) is 0 Å². The van der Waals surface area contributed by atoms with E-state index in [0.717, 1.165) is 0 Å². The predicted molar refractivity (Wildman–Crippen MR) is 220 cm³/mol. The van der Waals surface area contributed by atoms with Gasteiger partial charge in [-0.05, 0) is 113 Å². The summed E-state index contributed by atoms with van der Waals surface area (Å²) in [5.74, 6) is 0.238. The maximum Gasteiger partial charge on any atom is 0.0712 e. The molecule has 0 saturated carbocycles. The summed E-state index contributed by atoms with van der Waals surface area (Å²) in [4.78, 5) is 2.54. The van der Waals surface area contributed by atoms with Gasteiger partial charge in [0.1, 0.15) is 0 Å². The summed E-state index contributed by atoms with van der Waals surface area (Å²) >= 11 is 0. The summed E-state index contributed by atoms with van der Waals surface area (Å²) in [7, 11) is 0. The fraction of sp³-hybridized carbons (Fsp3) is 0.0800. The normalized spacial score (nSPS) is 17.5. The van der Waals surface area contributed by atoms with Gasteiger partial charge < -0.3 is 9.47 Å². The molecule has 0 fully saturated rings. The van der Waals surface area contributed by atoms with Crippen molar-refractivity contribution in [2.75, 3.05) is 4.90 Å². The van der Waals surface area contributed by atoms with E-state index in [-0.39, 0.29) is 11.5 Å². The van der Waals surface area contributed by atoms with Crippen LogP contribution in [0.2, 0.25) is 0 Å². The van der Waals surface area contributed by atoms with Crippen molar-refractivity contribution in [3.05, 3.63) is 199 Å². The van der Waals surface area contributed by atoms with Gasteiger partial charge in [0.05, 0.1) is 16.6 Å². The molecule has 0 saturated heterocycles. The van der Waals surface area contributed by atoms with Crippen LogP contribution < -0.4 is 4.90 Å². The second-order valence-corrected chi connectivity index (χ2v) is 14.5. The number of nitrogens with zero attached hydrogens (tertiary/aromatic N) is 2. The Morgan fingerprint density at radius 1 is 0.481 bits per heavy atom. The fourth-order valence-electron chi connectivity index (χ4n) is 8.73. The van der Waals surface area contributed by atoms with Gasteiger partial charge in [-0.1, -0.05) is 133 Å². The van der Waals surface area contributed by atoms with Crippen LogP contribution in [0.25, 0.3) is 60.9 Å². The van der Waals surface area contributed by atoms with Crippen molar-refractivity contribution >= 4 is 33.2 Å². The third-order valence-electron chi connectivity index (χ3n) is 11.3. The van der Waals surface area contributed by atoms with Crippen molar-refractivity contribution in [1.82, 2.24) is 4.57 Å². The first-order chi connectivity index (χ1) is 25.5. The molecule has 2 heterocycles. The minimum Gasteiger partial charge on any atom is -0.331 e. The predicted octanol–water partition coefficient (Wildman–Crippen LogP) is 13.2. The van der Waals surface area contributed by atoms with Crippen LogP contribution in [-0.4, -0.2) is 10.1 Å². The molecular weight excluding hydrogens is 629 g/mol. The highest BCUT2D eigenvalue weighted by Gasteiger charge is 2.47. The van der Waals surface area contributed by atoms with Crippen molar-refractivity contribution in [2.45, 2.75) is 25.3 Å². The number of allylic oxidation sites excluding steroid dienone is 2. The molecule has 1 aromatic heterocycles. The molecular formula is C50H38N2. The molecule has 0 N–H and O–H groups in total. The van der Waals surface area contributed by atoms with Crippen LogP contribution in [0.1, 0.15) is 24.0 Å². The van der Waals surface area contributed by atoms with E-state index < -0.39 is 0 Å². The Hall–Kier alpha value is -6.38. The zero-order valence-corrected chi connectivity index (χ0v) is 29.4. The van der Waals surface area contributed by atoms with Crippen LogP contribution >= 0.6 is 0 Å². The average Bonchev–Trinajstić information content (AvgIpc) is 3.66. The summed E-state index contributed by atoms with van der Waals surface area (Å²) in [6.45, 7) is 4.53. The van der Waals surface area contributed by atoms with Crippen LogP contribution in [0.3, 0.4) is 0 Å². The Morgan fingerprint density at radius 3 is 1.96 bits per heavy atom. The monoisotopic (exact) mass is 666 g/mol. The third-order valence-corrected chi connectivity index (χ3v) is 11.3. The summed E-state index contributed by atoms with van der Waals surface area (Å²) in [6.07, 6.45) is 9.17. The lowest BCUT2D eigenvalue weighted by atomic mass is 9.80. The Balaban J connectivity index is 1.03. The molecule has 7 aromatic carbocycles. The maximum atomic E-state index is 2.54. The quantitative estimate of drug-likeness (QED) is 0.177. The molecule has 2 heteroatoms. The number of rotatable bonds is 5. The highest BCUT2D eigenvalue weighted by Crippen LogP contribution is 2.55. The first kappa shape index (κ1) is 30.4. The molecule has 52 heavy (non-hydrogen) atoms. The second-order valence-electron chi connectivity index (χ2n) is 14.5. The molecule has 2 aliphatic rings. The molecule has 10 rings (SSSR count). The Kier molecular flexibility index (Phi) is 6.94. The van der Waals surface area contributed by atoms with Crippen LogP contribution in [0, 0.1) is 6.92 Å². The van der Waals surface area contributed by atoms with E-state index in [1.54, 1.807) is 0 Å². The van der Waals surface area contributed by atoms with Crippen LogP contribution in [-0.2, 0) is 0 Å². The van der Waals surface area contributed by atoms with Gasteiger partial charge in [-0.15, -0.1) is 0 Å². The molecule has 2 nitrogen and oxygen atoms in total. The summed E-state index contributed by atoms with van der Waals surface area (Å²) in [5, 5.41) is 2.54. The molecule has 0 radical (unpaired) electrons. The number of aromatic nitrogens is 1. The van der Waals surface area contributed by atoms with Crippen molar-refractivity contribution in [3.8, 4) is 39.1 Å². The minimum absolute atomic E-state index is 0.213. The number of para-hydroxylation sites is 2. The number of benzene rings is 7. The van der Waals surface area contributed by atoms with Gasteiger partial charge in [0.25, 0.3) is 0 Å². The Morgan fingerprint density at radius 2 is 1.13 bits per heavy atom. The number of fused-ring (bicyclic) bond motifs is 6. The molecule has 8 aromatic rings. The smallest absolute Gasteiger partial charge is 0.0712 e. The largest absolute Gasteiger partial charge is 0.331 e. The van der Waals surface area contributed by atoms with Gasteiger partial charge in [-0.25, -0.2) is 0 Å². The molecule has 248 valence electrons. The lowest BCUT2D eigenvalue weighted by molar-refractivity contribution is 0.542. The van der Waals surface area contributed by atoms with Crippen LogP contribution in [0.5, 0.6) is 0 Å². The Labute approximate surface area is 305 Å². The van der Waals surface area contributed by atoms with Gasteiger partial charge in [-0.3, -0.25) is 0 Å². The molecule has 2 unspecified atom stereocenters. The standard InChI is InChI=1S/C50H38N2/c1-34-12-10-13-36(30-34)38-15-11-14-37(31-38)35-21-25-42(26-22-35)52-49-28-24-40(33-45(49)46-19-8-9-29-50(46,52)2)39-23-27-48-44(32-39)43-18-6-7-20-47(43)51(48)41-16-4-3-5-17-41/h3-33,46H,1-2H3. The number of aryl methyl sites for hydroxylation is 1. The SMILES string of the molecule is Cc1cccc(-c2cccc(-c3ccc(N4c5ccc(-c6ccc7c(c6)c6ccccc6n7-c6ccccc6)cc5C5C=CC=CC54C)cc3)c2)c1. The zero-order valence-electron chi connectivity index (χ0n) is 29.4. The number of hydrogen-bond acceptors (Lipinski definition) is 1. The van der Waals surface area contributed by atoms with E-state index in [1.807, 2.05) is 0 Å². The molecule has 1 aliphatic carbocycles. The van der Waals surface area contributed by atoms with E-state index in [4.69, 9.17) is 0 Å². The van der Waals surface area contributed by atoms with E-state index in [1.165, 1.54) is 83.4 Å². The highest BCUT2D eigenvalue weighted by atomic mass is 15.2. The summed E-state index contributed by atoms with van der Waals surface area (Å²) in [5.41, 5.74) is 15.9. The molecule has 0 spiro atoms. The fourth-order valence-corrected chi connectivity index (χ4v) is 8.73. The van der Waals surface area contributed by atoms with E-state index in [2.05, 4.69) is 211 Å². The summed E-state index contributed by atoms with van der Waals surface area (Å²) < 4.78 is 2.38. The lowest BCUT2D eigenvalue weighted by Gasteiger charge is -2.39. The number of anilines is 2. The third kappa shape index (κ3) is 4.79. The molecule has 0 amide bonds. The van der Waals surface area contributed by atoms with Crippen LogP contribution in [0.15, 0.2) is 188 Å². The topological polar surface area (TPSA) is 8.17 Å². The maximum absolute atomic E-state index is 2.54. The molecule has 2 atom stereocenters. The second kappa shape index (κ2) is 11.9. The Bertz CT molecular complexity index is 2710. The lowest BCUT2D eigenvalue weighted by Crippen LogP contribution is -2.41. The van der Waals surface area contributed by atoms with Gasteiger partial charge in [0.15, 0.2) is 0 Å². The van der Waals surface area contributed by atoms with Crippen molar-refractivity contribution in [1.29, 1.82) is 0 Å². The van der Waals surface area contributed by atoms with Gasteiger partial charge >= 0.3 is 0 Å². The van der Waals surface area contributed by atoms with E-state index >= 15 is 0 Å². The van der Waals surface area contributed by atoms with E-state index in [0.29, 0.717) is 0 Å². The first-order valence-electron chi connectivity index (χ1n) is 18.2. The van der Waals surface area contributed by atoms with Gasteiger partial charge in [0, 0.05) is 33.8 Å².